The lowest BCUT2D eigenvalue weighted by Gasteiger charge is -2.16. The summed E-state index contributed by atoms with van der Waals surface area (Å²) < 4.78 is 25.7. The molecule has 1 aliphatic rings. The molecule has 2 aromatic carbocycles. The minimum atomic E-state index is -3.33. The Labute approximate surface area is 202 Å². The van der Waals surface area contributed by atoms with E-state index in [0.29, 0.717) is 24.7 Å². The molecule has 1 fully saturated rings. The van der Waals surface area contributed by atoms with Crippen molar-refractivity contribution >= 4 is 45.6 Å². The number of aliphatic imine (C=N–C) groups is 1. The second-order valence-corrected chi connectivity index (χ2v) is 9.36. The molecule has 3 rings (SSSR count). The number of likely N-dealkylation sites (tertiary alicyclic amines) is 1. The van der Waals surface area contributed by atoms with Gasteiger partial charge in [0.2, 0.25) is 10.0 Å². The molecule has 0 atom stereocenters. The monoisotopic (exact) mass is 557 g/mol. The number of anilines is 1. The van der Waals surface area contributed by atoms with E-state index in [-0.39, 0.29) is 24.0 Å². The maximum Gasteiger partial charge on any atom is 0.229 e. The Morgan fingerprint density at radius 2 is 1.58 bits per heavy atom. The molecule has 0 saturated carbocycles. The van der Waals surface area contributed by atoms with Gasteiger partial charge in [-0.2, -0.15) is 0 Å². The Kier molecular flexibility index (Phi) is 10.0. The molecule has 1 heterocycles. The molecule has 31 heavy (non-hydrogen) atoms. The molecule has 0 unspecified atom stereocenters. The summed E-state index contributed by atoms with van der Waals surface area (Å²) in [5.41, 5.74) is 3.94. The number of halogens is 1. The van der Waals surface area contributed by atoms with Crippen molar-refractivity contribution < 1.29 is 8.42 Å². The predicted octanol–water partition coefficient (Wildman–Crippen LogP) is 3.14. The maximum absolute atomic E-state index is 11.6. The van der Waals surface area contributed by atoms with E-state index >= 15 is 0 Å². The van der Waals surface area contributed by atoms with Gasteiger partial charge in [-0.15, -0.1) is 24.0 Å². The van der Waals surface area contributed by atoms with Crippen LogP contribution in [0.4, 0.5) is 5.69 Å². The lowest BCUT2D eigenvalue weighted by atomic mass is 10.1. The largest absolute Gasteiger partial charge is 0.352 e. The van der Waals surface area contributed by atoms with E-state index in [4.69, 9.17) is 0 Å². The van der Waals surface area contributed by atoms with Gasteiger partial charge in [-0.25, -0.2) is 8.42 Å². The fraction of sp³-hybridized carbons (Fsp3) is 0.409. The Bertz CT molecular complexity index is 958. The summed E-state index contributed by atoms with van der Waals surface area (Å²) in [5, 5.41) is 6.55. The highest BCUT2D eigenvalue weighted by Gasteiger charge is 2.11. The Hall–Kier alpha value is -1.85. The van der Waals surface area contributed by atoms with Crippen LogP contribution in [0.1, 0.15) is 29.5 Å². The molecule has 1 aliphatic heterocycles. The summed E-state index contributed by atoms with van der Waals surface area (Å²) in [7, 11) is -1.61. The highest BCUT2D eigenvalue weighted by Crippen LogP contribution is 2.16. The second kappa shape index (κ2) is 12.3. The van der Waals surface area contributed by atoms with Crippen LogP contribution in [0.5, 0.6) is 0 Å². The lowest BCUT2D eigenvalue weighted by Crippen LogP contribution is -2.36. The van der Waals surface area contributed by atoms with Crippen LogP contribution >= 0.6 is 24.0 Å². The number of guanidine groups is 1. The summed E-state index contributed by atoms with van der Waals surface area (Å²) in [5.74, 6) is 0.658. The number of sulfonamides is 1. The van der Waals surface area contributed by atoms with E-state index in [2.05, 4.69) is 49.5 Å². The Morgan fingerprint density at radius 3 is 2.23 bits per heavy atom. The minimum absolute atomic E-state index is 0. The van der Waals surface area contributed by atoms with Crippen LogP contribution in [-0.2, 0) is 29.7 Å². The van der Waals surface area contributed by atoms with E-state index < -0.39 is 10.0 Å². The quantitative estimate of drug-likeness (QED) is 0.264. The van der Waals surface area contributed by atoms with Crippen LogP contribution in [0.15, 0.2) is 53.5 Å². The molecule has 0 aromatic heterocycles. The second-order valence-electron chi connectivity index (χ2n) is 7.61. The van der Waals surface area contributed by atoms with Gasteiger partial charge in [-0.3, -0.25) is 14.6 Å². The molecule has 0 amide bonds. The first kappa shape index (κ1) is 25.4. The van der Waals surface area contributed by atoms with Crippen molar-refractivity contribution in [3.8, 4) is 0 Å². The maximum atomic E-state index is 11.6. The Morgan fingerprint density at radius 1 is 0.968 bits per heavy atom. The number of rotatable bonds is 8. The van der Waals surface area contributed by atoms with E-state index in [9.17, 15) is 8.42 Å². The van der Waals surface area contributed by atoms with Gasteiger partial charge in [0.25, 0.3) is 0 Å². The lowest BCUT2D eigenvalue weighted by molar-refractivity contribution is 0.331. The zero-order valence-corrected chi connectivity index (χ0v) is 21.2. The molecule has 170 valence electrons. The molecular weight excluding hydrogens is 525 g/mol. The molecular formula is C22H32IN5O2S. The fourth-order valence-corrected chi connectivity index (χ4v) is 4.12. The van der Waals surface area contributed by atoms with Crippen molar-refractivity contribution in [1.29, 1.82) is 0 Å². The average Bonchev–Trinajstić information content (AvgIpc) is 3.22. The average molecular weight is 558 g/mol. The van der Waals surface area contributed by atoms with Crippen molar-refractivity contribution in [2.24, 2.45) is 4.99 Å². The molecule has 3 N–H and O–H groups in total. The molecule has 9 heteroatoms. The minimum Gasteiger partial charge on any atom is -0.352 e. The van der Waals surface area contributed by atoms with Gasteiger partial charge >= 0.3 is 0 Å². The highest BCUT2D eigenvalue weighted by molar-refractivity contribution is 14.0. The van der Waals surface area contributed by atoms with Gasteiger partial charge in [0, 0.05) is 26.7 Å². The smallest absolute Gasteiger partial charge is 0.229 e. The van der Waals surface area contributed by atoms with Crippen molar-refractivity contribution in [1.82, 2.24) is 15.5 Å². The topological polar surface area (TPSA) is 85.8 Å². The SMILES string of the molecule is CN=C(NCc1ccc(CN2CCCC2)cc1)NCc1ccccc1NS(C)(=O)=O.I. The first-order chi connectivity index (χ1) is 14.4. The Balaban J connectivity index is 0.00000341. The third kappa shape index (κ3) is 8.66. The van der Waals surface area contributed by atoms with E-state index in [0.717, 1.165) is 18.4 Å². The number of hydrogen-bond donors (Lipinski definition) is 3. The number of benzene rings is 2. The molecule has 7 nitrogen and oxygen atoms in total. The predicted molar refractivity (Wildman–Crippen MR) is 138 cm³/mol. The number of hydrogen-bond acceptors (Lipinski definition) is 4. The zero-order chi connectivity index (χ0) is 21.4. The van der Waals surface area contributed by atoms with Crippen molar-refractivity contribution in [3.63, 3.8) is 0 Å². The molecule has 1 saturated heterocycles. The third-order valence-corrected chi connectivity index (χ3v) is 5.66. The standard InChI is InChI=1S/C22H31N5O2S.HI/c1-23-22(25-16-20-7-3-4-8-21(20)26-30(2,28)29)24-15-18-9-11-19(12-10-18)17-27-13-5-6-14-27;/h3-4,7-12,26H,5-6,13-17H2,1-2H3,(H2,23,24,25);1H. The van der Waals surface area contributed by atoms with Gasteiger partial charge in [0.05, 0.1) is 11.9 Å². The summed E-state index contributed by atoms with van der Waals surface area (Å²) in [6.07, 6.45) is 3.76. The van der Waals surface area contributed by atoms with Gasteiger partial charge in [0.1, 0.15) is 0 Å². The highest BCUT2D eigenvalue weighted by atomic mass is 127. The number of nitrogens with one attached hydrogen (secondary N) is 3. The van der Waals surface area contributed by atoms with E-state index in [1.54, 1.807) is 19.2 Å². The first-order valence-corrected chi connectivity index (χ1v) is 12.1. The molecule has 2 aromatic rings. The van der Waals surface area contributed by atoms with Gasteiger partial charge in [0.15, 0.2) is 5.96 Å². The van der Waals surface area contributed by atoms with Crippen LogP contribution in [0.3, 0.4) is 0 Å². The summed E-state index contributed by atoms with van der Waals surface area (Å²) >= 11 is 0. The van der Waals surface area contributed by atoms with Gasteiger partial charge in [-0.05, 0) is 48.7 Å². The summed E-state index contributed by atoms with van der Waals surface area (Å²) in [6.45, 7) is 4.54. The van der Waals surface area contributed by atoms with Crippen LogP contribution in [0.2, 0.25) is 0 Å². The molecule has 0 bridgehead atoms. The van der Waals surface area contributed by atoms with Crippen LogP contribution in [-0.4, -0.2) is 45.7 Å². The van der Waals surface area contributed by atoms with Crippen molar-refractivity contribution in [2.75, 3.05) is 31.1 Å². The van der Waals surface area contributed by atoms with Crippen molar-refractivity contribution in [2.45, 2.75) is 32.5 Å². The van der Waals surface area contributed by atoms with Crippen LogP contribution < -0.4 is 15.4 Å². The van der Waals surface area contributed by atoms with Crippen molar-refractivity contribution in [3.05, 3.63) is 65.2 Å². The number of nitrogens with zero attached hydrogens (tertiary/aromatic N) is 2. The fourth-order valence-electron chi connectivity index (χ4n) is 3.52. The molecule has 0 radical (unpaired) electrons. The molecule has 0 spiro atoms. The van der Waals surface area contributed by atoms with Gasteiger partial charge in [-0.1, -0.05) is 42.5 Å². The van der Waals surface area contributed by atoms with Crippen LogP contribution in [0, 0.1) is 0 Å². The summed E-state index contributed by atoms with van der Waals surface area (Å²) in [6, 6.07) is 16.0. The van der Waals surface area contributed by atoms with Gasteiger partial charge < -0.3 is 10.6 Å². The molecule has 0 aliphatic carbocycles. The summed E-state index contributed by atoms with van der Waals surface area (Å²) in [4.78, 5) is 6.75. The normalized spacial score (nSPS) is 14.7. The number of para-hydroxylation sites is 1. The zero-order valence-electron chi connectivity index (χ0n) is 18.1. The first-order valence-electron chi connectivity index (χ1n) is 10.2. The van der Waals surface area contributed by atoms with Crippen LogP contribution in [0.25, 0.3) is 0 Å². The van der Waals surface area contributed by atoms with E-state index in [1.165, 1.54) is 37.1 Å². The third-order valence-electron chi connectivity index (χ3n) is 5.07. The van der Waals surface area contributed by atoms with E-state index in [1.807, 2.05) is 12.1 Å².